The minimum Gasteiger partial charge on any atom is -0.342 e. The molecule has 0 amide bonds. The molecule has 5 rings (SSSR count). The normalized spacial score (nSPS) is 20.7. The molecule has 2 aliphatic heterocycles. The molecular formula is C17H17ClN6OS. The van der Waals surface area contributed by atoms with Crippen molar-refractivity contribution in [1.29, 1.82) is 0 Å². The summed E-state index contributed by atoms with van der Waals surface area (Å²) in [5.74, 6) is 2.73. The van der Waals surface area contributed by atoms with E-state index in [2.05, 4.69) is 19.9 Å². The average molecular weight is 389 g/mol. The van der Waals surface area contributed by atoms with Gasteiger partial charge in [0.1, 0.15) is 10.7 Å². The number of hydrogen-bond acceptors (Lipinski definition) is 6. The second kappa shape index (κ2) is 6.28. The third kappa shape index (κ3) is 2.59. The predicted molar refractivity (Wildman–Crippen MR) is 99.2 cm³/mol. The van der Waals surface area contributed by atoms with Crippen LogP contribution in [0.3, 0.4) is 0 Å². The molecule has 1 atom stereocenters. The van der Waals surface area contributed by atoms with Crippen molar-refractivity contribution in [1.82, 2.24) is 24.3 Å². The van der Waals surface area contributed by atoms with E-state index in [0.29, 0.717) is 16.7 Å². The summed E-state index contributed by atoms with van der Waals surface area (Å²) in [5, 5.41) is 0.563. The number of rotatable bonds is 2. The van der Waals surface area contributed by atoms with Gasteiger partial charge in [-0.25, -0.2) is 19.9 Å². The zero-order chi connectivity index (χ0) is 17.7. The Hall–Kier alpha value is -2.06. The van der Waals surface area contributed by atoms with Crippen LogP contribution in [0.15, 0.2) is 29.7 Å². The molecule has 0 radical (unpaired) electrons. The molecule has 0 N–H and O–H groups in total. The second-order valence-corrected chi connectivity index (χ2v) is 8.57. The molecule has 1 saturated heterocycles. The van der Waals surface area contributed by atoms with Gasteiger partial charge in [0.15, 0.2) is 5.65 Å². The predicted octanol–water partition coefficient (Wildman–Crippen LogP) is 2.22. The van der Waals surface area contributed by atoms with Crippen LogP contribution in [0.1, 0.15) is 30.3 Å². The molecule has 3 aromatic rings. The highest BCUT2D eigenvalue weighted by Crippen LogP contribution is 2.32. The number of hydrogen-bond donors (Lipinski definition) is 0. The summed E-state index contributed by atoms with van der Waals surface area (Å²) in [7, 11) is -0.988. The van der Waals surface area contributed by atoms with Gasteiger partial charge in [-0.05, 0) is 12.8 Å². The fourth-order valence-electron chi connectivity index (χ4n) is 3.78. The van der Waals surface area contributed by atoms with E-state index in [9.17, 15) is 4.21 Å². The van der Waals surface area contributed by atoms with Crippen molar-refractivity contribution >= 4 is 34.0 Å². The van der Waals surface area contributed by atoms with Crippen molar-refractivity contribution in [2.45, 2.75) is 30.1 Å². The summed E-state index contributed by atoms with van der Waals surface area (Å²) in [5.41, 5.74) is 1.71. The minimum absolute atomic E-state index is 0.337. The lowest BCUT2D eigenvalue weighted by Gasteiger charge is -2.32. The maximum Gasteiger partial charge on any atom is 0.211 e. The first-order chi connectivity index (χ1) is 12.7. The topological polar surface area (TPSA) is 76.3 Å². The van der Waals surface area contributed by atoms with Crippen molar-refractivity contribution in [3.63, 3.8) is 0 Å². The quantitative estimate of drug-likeness (QED) is 0.670. The Labute approximate surface area is 157 Å². The molecule has 0 aliphatic carbocycles. The number of imidazole rings is 1. The van der Waals surface area contributed by atoms with E-state index in [4.69, 9.17) is 16.6 Å². The monoisotopic (exact) mass is 388 g/mol. The highest BCUT2D eigenvalue weighted by Gasteiger charge is 2.29. The van der Waals surface area contributed by atoms with Crippen LogP contribution >= 0.6 is 11.6 Å². The second-order valence-electron chi connectivity index (χ2n) is 6.63. The smallest absolute Gasteiger partial charge is 0.211 e. The molecule has 2 aliphatic rings. The third-order valence-corrected chi connectivity index (χ3v) is 6.74. The first kappa shape index (κ1) is 16.1. The van der Waals surface area contributed by atoms with Crippen LogP contribution in [-0.2, 0) is 17.2 Å². The van der Waals surface area contributed by atoms with Gasteiger partial charge >= 0.3 is 0 Å². The van der Waals surface area contributed by atoms with Crippen molar-refractivity contribution in [2.75, 3.05) is 23.7 Å². The highest BCUT2D eigenvalue weighted by molar-refractivity contribution is 7.85. The zero-order valence-electron chi connectivity index (χ0n) is 14.0. The summed E-state index contributed by atoms with van der Waals surface area (Å²) >= 11 is 5.88. The van der Waals surface area contributed by atoms with E-state index in [1.807, 2.05) is 10.6 Å². The molecule has 5 heterocycles. The summed E-state index contributed by atoms with van der Waals surface area (Å²) in [4.78, 5) is 21.1. The lowest BCUT2D eigenvalue weighted by Crippen LogP contribution is -2.35. The van der Waals surface area contributed by atoms with Gasteiger partial charge in [0, 0.05) is 56.0 Å². The molecule has 0 saturated carbocycles. The molecule has 134 valence electrons. The standard InChI is InChI=1S/C17H17ClN6OS/c18-12-9-20-15(21-10-12)11-1-5-23(6-2-11)17-22-13-3-8-26(25)14(13)16-19-4-7-24(16)17/h4,7,9-11H,1-3,5-6,8H2/t26-/m1/s1. The number of fused-ring (bicyclic) bond motifs is 3. The van der Waals surface area contributed by atoms with Crippen molar-refractivity contribution in [3.8, 4) is 0 Å². The Morgan fingerprint density at radius 1 is 1.15 bits per heavy atom. The lowest BCUT2D eigenvalue weighted by atomic mass is 9.96. The van der Waals surface area contributed by atoms with Gasteiger partial charge in [-0.2, -0.15) is 0 Å². The van der Waals surface area contributed by atoms with Crippen LogP contribution in [0.4, 0.5) is 5.95 Å². The van der Waals surface area contributed by atoms with Gasteiger partial charge in [0.2, 0.25) is 5.95 Å². The molecule has 0 unspecified atom stereocenters. The van der Waals surface area contributed by atoms with E-state index < -0.39 is 10.8 Å². The maximum atomic E-state index is 12.3. The molecule has 7 nitrogen and oxygen atoms in total. The minimum atomic E-state index is -0.988. The van der Waals surface area contributed by atoms with E-state index in [0.717, 1.165) is 60.4 Å². The van der Waals surface area contributed by atoms with Gasteiger partial charge in [0.25, 0.3) is 0 Å². The maximum absolute atomic E-state index is 12.3. The van der Waals surface area contributed by atoms with Crippen LogP contribution in [-0.4, -0.2) is 47.4 Å². The summed E-state index contributed by atoms with van der Waals surface area (Å²) in [6.07, 6.45) is 9.66. The van der Waals surface area contributed by atoms with Crippen molar-refractivity contribution in [3.05, 3.63) is 41.3 Å². The van der Waals surface area contributed by atoms with Crippen LogP contribution < -0.4 is 4.90 Å². The Morgan fingerprint density at radius 3 is 2.69 bits per heavy atom. The molecule has 9 heteroatoms. The zero-order valence-corrected chi connectivity index (χ0v) is 15.6. The summed E-state index contributed by atoms with van der Waals surface area (Å²) in [6.45, 7) is 1.75. The molecule has 3 aromatic heterocycles. The molecule has 26 heavy (non-hydrogen) atoms. The molecule has 1 fully saturated rings. The van der Waals surface area contributed by atoms with Crippen molar-refractivity contribution in [2.24, 2.45) is 0 Å². The Bertz CT molecular complexity index is 996. The van der Waals surface area contributed by atoms with Gasteiger partial charge in [-0.15, -0.1) is 0 Å². The number of anilines is 1. The van der Waals surface area contributed by atoms with E-state index in [1.54, 1.807) is 18.6 Å². The fraction of sp³-hybridized carbons (Fsp3) is 0.412. The van der Waals surface area contributed by atoms with Crippen LogP contribution in [0.25, 0.3) is 5.65 Å². The Kier molecular flexibility index (Phi) is 3.90. The number of aryl methyl sites for hydroxylation is 1. The van der Waals surface area contributed by atoms with Crippen LogP contribution in [0.5, 0.6) is 0 Å². The number of aromatic nitrogens is 5. The van der Waals surface area contributed by atoms with Gasteiger partial charge < -0.3 is 4.90 Å². The summed E-state index contributed by atoms with van der Waals surface area (Å²) < 4.78 is 14.2. The fourth-order valence-corrected chi connectivity index (χ4v) is 5.22. The first-order valence-corrected chi connectivity index (χ1v) is 10.4. The lowest BCUT2D eigenvalue weighted by molar-refractivity contribution is 0.479. The van der Waals surface area contributed by atoms with Gasteiger partial charge in [0.05, 0.1) is 21.5 Å². The van der Waals surface area contributed by atoms with Crippen molar-refractivity contribution < 1.29 is 4.21 Å². The van der Waals surface area contributed by atoms with E-state index in [-0.39, 0.29) is 0 Å². The number of halogens is 1. The van der Waals surface area contributed by atoms with Crippen LogP contribution in [0.2, 0.25) is 5.02 Å². The van der Waals surface area contributed by atoms with Gasteiger partial charge in [-0.3, -0.25) is 8.61 Å². The molecule has 0 aromatic carbocycles. The largest absolute Gasteiger partial charge is 0.342 e. The number of nitrogens with zero attached hydrogens (tertiary/aromatic N) is 6. The molecule has 0 bridgehead atoms. The number of piperidine rings is 1. The average Bonchev–Trinajstić information content (AvgIpc) is 3.28. The molecular weight excluding hydrogens is 372 g/mol. The Balaban J connectivity index is 1.43. The van der Waals surface area contributed by atoms with Crippen LogP contribution in [0, 0.1) is 0 Å². The molecule has 0 spiro atoms. The Morgan fingerprint density at radius 2 is 1.92 bits per heavy atom. The SMILES string of the molecule is O=[S@@]1CCc2nc(N3CCC(c4ncc(Cl)cn4)CC3)n3ccnc3c21. The first-order valence-electron chi connectivity index (χ1n) is 8.67. The summed E-state index contributed by atoms with van der Waals surface area (Å²) in [6, 6.07) is 0. The van der Waals surface area contributed by atoms with E-state index >= 15 is 0 Å². The van der Waals surface area contributed by atoms with E-state index in [1.165, 1.54) is 0 Å². The van der Waals surface area contributed by atoms with Gasteiger partial charge in [-0.1, -0.05) is 11.6 Å². The third-order valence-electron chi connectivity index (χ3n) is 5.09. The highest BCUT2D eigenvalue weighted by atomic mass is 35.5.